The molecule has 88 valence electrons. The highest BCUT2D eigenvalue weighted by molar-refractivity contribution is 7.99. The van der Waals surface area contributed by atoms with E-state index in [4.69, 9.17) is 5.26 Å². The molecular weight excluding hydrogens is 204 g/mol. The fourth-order valence-electron chi connectivity index (χ4n) is 1.19. The Morgan fingerprint density at radius 3 is 2.53 bits per heavy atom. The molecule has 3 heteroatoms. The summed E-state index contributed by atoms with van der Waals surface area (Å²) in [6.45, 7) is 6.48. The first-order chi connectivity index (χ1) is 7.04. The van der Waals surface area contributed by atoms with Gasteiger partial charge in [0.25, 0.3) is 0 Å². The Morgan fingerprint density at radius 1 is 1.40 bits per heavy atom. The maximum atomic E-state index is 8.94. The lowest BCUT2D eigenvalue weighted by atomic mass is 9.99. The number of nitrogens with one attached hydrogen (secondary N) is 1. The highest BCUT2D eigenvalue weighted by Crippen LogP contribution is 2.15. The maximum absolute atomic E-state index is 8.94. The van der Waals surface area contributed by atoms with Crippen molar-refractivity contribution in [2.45, 2.75) is 45.6 Å². The van der Waals surface area contributed by atoms with Gasteiger partial charge in [0.15, 0.2) is 0 Å². The van der Waals surface area contributed by atoms with E-state index in [1.165, 1.54) is 17.9 Å². The fourth-order valence-corrected chi connectivity index (χ4v) is 2.38. The molecule has 2 nitrogen and oxygen atoms in total. The van der Waals surface area contributed by atoms with E-state index in [1.54, 1.807) is 0 Å². The lowest BCUT2D eigenvalue weighted by Crippen LogP contribution is -2.37. The lowest BCUT2D eigenvalue weighted by Gasteiger charge is -2.20. The van der Waals surface area contributed by atoms with E-state index in [1.807, 2.05) is 25.7 Å². The molecule has 0 fully saturated rings. The van der Waals surface area contributed by atoms with Gasteiger partial charge in [-0.15, -0.1) is 0 Å². The smallest absolute Gasteiger partial charge is 0.103 e. The molecule has 15 heavy (non-hydrogen) atoms. The molecule has 0 heterocycles. The summed E-state index contributed by atoms with van der Waals surface area (Å²) < 4.78 is 0. The van der Waals surface area contributed by atoms with Crippen LogP contribution in [0.3, 0.4) is 0 Å². The van der Waals surface area contributed by atoms with Crippen molar-refractivity contribution in [3.05, 3.63) is 0 Å². The molecule has 0 aromatic rings. The second-order valence-corrected chi connectivity index (χ2v) is 5.82. The zero-order valence-corrected chi connectivity index (χ0v) is 11.3. The summed E-state index contributed by atoms with van der Waals surface area (Å²) in [4.78, 5) is 0. The van der Waals surface area contributed by atoms with Gasteiger partial charge in [0.2, 0.25) is 0 Å². The van der Waals surface area contributed by atoms with Gasteiger partial charge in [-0.25, -0.2) is 0 Å². The summed E-state index contributed by atoms with van der Waals surface area (Å²) in [5.41, 5.74) is -0.335. The van der Waals surface area contributed by atoms with Gasteiger partial charge < -0.3 is 5.32 Å². The van der Waals surface area contributed by atoms with Gasteiger partial charge in [0.05, 0.1) is 6.07 Å². The van der Waals surface area contributed by atoms with Crippen LogP contribution in [0.1, 0.15) is 40.0 Å². The topological polar surface area (TPSA) is 35.8 Å². The average molecular weight is 228 g/mol. The third-order valence-electron chi connectivity index (χ3n) is 2.60. The number of nitrogens with zero attached hydrogens (tertiary/aromatic N) is 1. The van der Waals surface area contributed by atoms with Crippen LogP contribution < -0.4 is 5.32 Å². The summed E-state index contributed by atoms with van der Waals surface area (Å²) in [5.74, 6) is 3.23. The Balaban J connectivity index is 3.43. The van der Waals surface area contributed by atoms with E-state index >= 15 is 0 Å². The van der Waals surface area contributed by atoms with Crippen LogP contribution in [0.25, 0.3) is 0 Å². The van der Waals surface area contributed by atoms with Crippen molar-refractivity contribution in [1.29, 1.82) is 5.26 Å². The molecule has 0 bridgehead atoms. The molecule has 0 aliphatic rings. The van der Waals surface area contributed by atoms with Crippen LogP contribution in [0, 0.1) is 17.2 Å². The molecule has 0 aliphatic carbocycles. The zero-order chi connectivity index (χ0) is 11.7. The molecule has 1 N–H and O–H groups in total. The van der Waals surface area contributed by atoms with Crippen molar-refractivity contribution < 1.29 is 0 Å². The minimum Gasteiger partial charge on any atom is -0.303 e. The monoisotopic (exact) mass is 228 g/mol. The summed E-state index contributed by atoms with van der Waals surface area (Å²) in [6, 6.07) is 2.32. The van der Waals surface area contributed by atoms with E-state index in [2.05, 4.69) is 25.2 Å². The van der Waals surface area contributed by atoms with Crippen molar-refractivity contribution in [2.75, 3.05) is 18.6 Å². The third kappa shape index (κ3) is 7.70. The molecule has 0 amide bonds. The molecule has 1 unspecified atom stereocenters. The van der Waals surface area contributed by atoms with Crippen LogP contribution >= 0.6 is 11.8 Å². The summed E-state index contributed by atoms with van der Waals surface area (Å²) in [5, 5.41) is 12.0. The molecule has 0 radical (unpaired) electrons. The molecule has 0 spiro atoms. The largest absolute Gasteiger partial charge is 0.303 e. The number of rotatable bonds is 8. The Kier molecular flexibility index (Phi) is 7.90. The highest BCUT2D eigenvalue weighted by Gasteiger charge is 2.19. The van der Waals surface area contributed by atoms with Crippen LogP contribution in [0.15, 0.2) is 0 Å². The van der Waals surface area contributed by atoms with Gasteiger partial charge in [0.1, 0.15) is 5.54 Å². The molecule has 0 aromatic carbocycles. The van der Waals surface area contributed by atoms with Crippen LogP contribution in [-0.4, -0.2) is 24.1 Å². The molecule has 1 atom stereocenters. The third-order valence-corrected chi connectivity index (χ3v) is 3.71. The van der Waals surface area contributed by atoms with E-state index in [0.29, 0.717) is 0 Å². The van der Waals surface area contributed by atoms with Crippen molar-refractivity contribution in [2.24, 2.45) is 5.92 Å². The minimum atomic E-state index is -0.335. The summed E-state index contributed by atoms with van der Waals surface area (Å²) in [7, 11) is 1.86. The first-order valence-corrected chi connectivity index (χ1v) is 6.87. The first-order valence-electron chi connectivity index (χ1n) is 5.72. The van der Waals surface area contributed by atoms with Crippen LogP contribution in [0.4, 0.5) is 0 Å². The van der Waals surface area contributed by atoms with Crippen molar-refractivity contribution in [3.63, 3.8) is 0 Å². The number of hydrogen-bond acceptors (Lipinski definition) is 3. The van der Waals surface area contributed by atoms with Crippen LogP contribution in [0.5, 0.6) is 0 Å². The molecule has 0 saturated heterocycles. The van der Waals surface area contributed by atoms with Crippen molar-refractivity contribution in [1.82, 2.24) is 5.32 Å². The van der Waals surface area contributed by atoms with Crippen LogP contribution in [-0.2, 0) is 0 Å². The maximum Gasteiger partial charge on any atom is 0.103 e. The second kappa shape index (κ2) is 8.01. The van der Waals surface area contributed by atoms with E-state index in [9.17, 15) is 0 Å². The van der Waals surface area contributed by atoms with Gasteiger partial charge in [-0.2, -0.15) is 17.0 Å². The van der Waals surface area contributed by atoms with Gasteiger partial charge in [0, 0.05) is 0 Å². The van der Waals surface area contributed by atoms with Gasteiger partial charge in [-0.05, 0) is 50.7 Å². The predicted octanol–water partition coefficient (Wildman–Crippen LogP) is 3.05. The van der Waals surface area contributed by atoms with E-state index < -0.39 is 0 Å². The van der Waals surface area contributed by atoms with E-state index in [0.717, 1.165) is 18.8 Å². The first kappa shape index (κ1) is 14.8. The zero-order valence-electron chi connectivity index (χ0n) is 10.5. The summed E-state index contributed by atoms with van der Waals surface area (Å²) in [6.07, 6.45) is 3.36. The van der Waals surface area contributed by atoms with Crippen molar-refractivity contribution >= 4 is 11.8 Å². The normalized spacial score (nSPS) is 14.9. The number of nitriles is 1. The molecule has 0 aliphatic heterocycles. The molecular formula is C12H24N2S. The molecule has 0 rings (SSSR count). The van der Waals surface area contributed by atoms with Crippen molar-refractivity contribution in [3.8, 4) is 6.07 Å². The lowest BCUT2D eigenvalue weighted by molar-refractivity contribution is 0.451. The minimum absolute atomic E-state index is 0.335. The standard InChI is InChI=1S/C12H24N2S/c1-11(2)6-9-15-8-5-7-12(3,10-13)14-4/h11,14H,5-9H2,1-4H3. The molecule has 0 saturated carbocycles. The Bertz CT molecular complexity index is 198. The van der Waals surface area contributed by atoms with Gasteiger partial charge in [-0.1, -0.05) is 13.8 Å². The van der Waals surface area contributed by atoms with Gasteiger partial charge >= 0.3 is 0 Å². The Morgan fingerprint density at radius 2 is 2.07 bits per heavy atom. The van der Waals surface area contributed by atoms with E-state index in [-0.39, 0.29) is 5.54 Å². The Hall–Kier alpha value is -0.200. The average Bonchev–Trinajstić information content (AvgIpc) is 2.22. The highest BCUT2D eigenvalue weighted by atomic mass is 32.2. The summed E-state index contributed by atoms with van der Waals surface area (Å²) >= 11 is 2.01. The Labute approximate surface area is 98.8 Å². The van der Waals surface area contributed by atoms with Crippen LogP contribution in [0.2, 0.25) is 0 Å². The quantitative estimate of drug-likeness (QED) is 0.649. The fraction of sp³-hybridized carbons (Fsp3) is 0.917. The second-order valence-electron chi connectivity index (χ2n) is 4.59. The predicted molar refractivity (Wildman–Crippen MR) is 69.1 cm³/mol. The number of hydrogen-bond donors (Lipinski definition) is 1. The van der Waals surface area contributed by atoms with Gasteiger partial charge in [-0.3, -0.25) is 0 Å². The molecule has 0 aromatic heterocycles. The number of thioether (sulfide) groups is 1. The SMILES string of the molecule is CNC(C)(C#N)CCCSCCC(C)C.